The molecule has 3 N–H and O–H groups in total. The molecule has 0 saturated carbocycles. The Bertz CT molecular complexity index is 1420. The van der Waals surface area contributed by atoms with E-state index >= 15 is 0 Å². The van der Waals surface area contributed by atoms with Gasteiger partial charge in [-0.1, -0.05) is 18.2 Å². The Kier molecular flexibility index (Phi) is 6.42. The van der Waals surface area contributed by atoms with E-state index in [0.717, 1.165) is 11.2 Å². The summed E-state index contributed by atoms with van der Waals surface area (Å²) in [6, 6.07) is 9.66. The first-order valence-electron chi connectivity index (χ1n) is 11.3. The summed E-state index contributed by atoms with van der Waals surface area (Å²) in [6.45, 7) is 4.38. The van der Waals surface area contributed by atoms with Gasteiger partial charge in [0, 0.05) is 25.0 Å². The van der Waals surface area contributed by atoms with E-state index in [1.165, 1.54) is 17.4 Å². The molecule has 1 aliphatic rings. The fraction of sp³-hybridized carbons (Fsp3) is 0.250. The maximum Gasteiger partial charge on any atom is 0.319 e. The minimum Gasteiger partial charge on any atom is -0.348 e. The number of aryl methyl sites for hydroxylation is 1. The second kappa shape index (κ2) is 9.82. The van der Waals surface area contributed by atoms with E-state index in [1.54, 1.807) is 23.2 Å². The Labute approximate surface area is 210 Å². The van der Waals surface area contributed by atoms with E-state index < -0.39 is 5.82 Å². The molecule has 12 heteroatoms. The van der Waals surface area contributed by atoms with Crippen LogP contribution in [-0.2, 0) is 0 Å². The molecule has 184 valence electrons. The van der Waals surface area contributed by atoms with Crippen molar-refractivity contribution in [3.63, 3.8) is 0 Å². The van der Waals surface area contributed by atoms with Crippen LogP contribution < -0.4 is 16.0 Å². The van der Waals surface area contributed by atoms with Crippen molar-refractivity contribution in [1.82, 2.24) is 30.2 Å². The summed E-state index contributed by atoms with van der Waals surface area (Å²) < 4.78 is 14.2. The summed E-state index contributed by atoms with van der Waals surface area (Å²) in [5.41, 5.74) is 1.96. The molecule has 4 heterocycles. The van der Waals surface area contributed by atoms with Gasteiger partial charge in [0.1, 0.15) is 10.5 Å². The average Bonchev–Trinajstić information content (AvgIpc) is 3.21. The number of nitrogens with zero attached hydrogens (tertiary/aromatic N) is 5. The van der Waals surface area contributed by atoms with Crippen LogP contribution in [0.4, 0.5) is 20.8 Å². The van der Waals surface area contributed by atoms with E-state index in [0.29, 0.717) is 34.7 Å². The molecule has 0 aliphatic carbocycles. The highest BCUT2D eigenvalue weighted by molar-refractivity contribution is 7.18. The molecule has 1 aliphatic heterocycles. The van der Waals surface area contributed by atoms with Crippen LogP contribution in [0.3, 0.4) is 0 Å². The summed E-state index contributed by atoms with van der Waals surface area (Å²) in [7, 11) is 0. The lowest BCUT2D eigenvalue weighted by Crippen LogP contribution is -2.61. The Morgan fingerprint density at radius 2 is 1.92 bits per heavy atom. The maximum absolute atomic E-state index is 13.6. The third-order valence-corrected chi connectivity index (χ3v) is 6.64. The molecule has 3 amide bonds. The van der Waals surface area contributed by atoms with Gasteiger partial charge in [-0.25, -0.2) is 19.2 Å². The first-order valence-corrected chi connectivity index (χ1v) is 12.1. The monoisotopic (exact) mass is 506 g/mol. The number of hydrogen-bond acceptors (Lipinski definition) is 8. The van der Waals surface area contributed by atoms with Crippen molar-refractivity contribution in [2.75, 3.05) is 23.7 Å². The number of carbonyl (C=O) groups excluding carboxylic acids is 2. The zero-order valence-corrected chi connectivity index (χ0v) is 20.3. The van der Waals surface area contributed by atoms with E-state index in [2.05, 4.69) is 35.9 Å². The summed E-state index contributed by atoms with van der Waals surface area (Å²) >= 11 is 1.35. The van der Waals surface area contributed by atoms with Crippen LogP contribution in [0.2, 0.25) is 0 Å². The van der Waals surface area contributed by atoms with Crippen molar-refractivity contribution in [2.24, 2.45) is 0 Å². The number of pyridine rings is 1. The Morgan fingerprint density at radius 1 is 1.14 bits per heavy atom. The number of rotatable bonds is 6. The van der Waals surface area contributed by atoms with E-state index in [4.69, 9.17) is 0 Å². The molecule has 0 spiro atoms. The predicted octanol–water partition coefficient (Wildman–Crippen LogP) is 3.75. The number of hydrogen-bond donors (Lipinski definition) is 3. The average molecular weight is 507 g/mol. The van der Waals surface area contributed by atoms with Gasteiger partial charge < -0.3 is 20.9 Å². The quantitative estimate of drug-likeness (QED) is 0.364. The van der Waals surface area contributed by atoms with E-state index in [1.807, 2.05) is 32.0 Å². The zero-order chi connectivity index (χ0) is 25.2. The number of para-hydroxylation sites is 1. The molecule has 0 radical (unpaired) electrons. The van der Waals surface area contributed by atoms with Crippen molar-refractivity contribution < 1.29 is 14.0 Å². The molecule has 10 nitrogen and oxygen atoms in total. The predicted molar refractivity (Wildman–Crippen MR) is 134 cm³/mol. The number of amides is 3. The standard InChI is InChI=1S/C24H23FN8O2S/c1-13(15-8-16(25)10-26-9-15)27-23-31-19(20-21(32-23)28-14(2)36-20)22(34)33-11-18(12-33)30-24(35)29-17-6-4-3-5-7-17/h3-10,13,18H,11-12H2,1-2H3,(H,27,31,32)(H2,29,30,35). The van der Waals surface area contributed by atoms with Gasteiger partial charge in [0.15, 0.2) is 11.3 Å². The molecule has 0 bridgehead atoms. The third kappa shape index (κ3) is 5.08. The van der Waals surface area contributed by atoms with Gasteiger partial charge >= 0.3 is 6.03 Å². The van der Waals surface area contributed by atoms with Crippen LogP contribution in [0.15, 0.2) is 48.8 Å². The number of thiazole rings is 1. The van der Waals surface area contributed by atoms with Crippen LogP contribution >= 0.6 is 11.3 Å². The first-order chi connectivity index (χ1) is 17.4. The largest absolute Gasteiger partial charge is 0.348 e. The molecule has 5 rings (SSSR count). The van der Waals surface area contributed by atoms with Crippen molar-refractivity contribution in [1.29, 1.82) is 0 Å². The van der Waals surface area contributed by atoms with Gasteiger partial charge in [-0.15, -0.1) is 11.3 Å². The molecule has 36 heavy (non-hydrogen) atoms. The first kappa shape index (κ1) is 23.5. The Hall–Kier alpha value is -4.19. The zero-order valence-electron chi connectivity index (χ0n) is 19.5. The van der Waals surface area contributed by atoms with Crippen LogP contribution in [-0.4, -0.2) is 55.9 Å². The molecule has 1 saturated heterocycles. The Balaban J connectivity index is 1.28. The smallest absolute Gasteiger partial charge is 0.319 e. The highest BCUT2D eigenvalue weighted by Gasteiger charge is 2.34. The van der Waals surface area contributed by atoms with Gasteiger partial charge in [-0.2, -0.15) is 4.98 Å². The van der Waals surface area contributed by atoms with Crippen LogP contribution in [0.25, 0.3) is 10.3 Å². The summed E-state index contributed by atoms with van der Waals surface area (Å²) in [5.74, 6) is -0.497. The third-order valence-electron chi connectivity index (χ3n) is 5.67. The molecule has 3 aromatic heterocycles. The van der Waals surface area contributed by atoms with Gasteiger partial charge in [0.25, 0.3) is 5.91 Å². The van der Waals surface area contributed by atoms with Crippen LogP contribution in [0.5, 0.6) is 0 Å². The van der Waals surface area contributed by atoms with Crippen LogP contribution in [0.1, 0.15) is 34.0 Å². The molecule has 1 fully saturated rings. The number of benzene rings is 1. The number of urea groups is 1. The maximum atomic E-state index is 13.6. The van der Waals surface area contributed by atoms with Gasteiger partial charge in [0.05, 0.1) is 23.3 Å². The molecule has 1 unspecified atom stereocenters. The molecular formula is C24H23FN8O2S. The van der Waals surface area contributed by atoms with Gasteiger partial charge in [0.2, 0.25) is 5.95 Å². The van der Waals surface area contributed by atoms with Gasteiger partial charge in [-0.05, 0) is 37.6 Å². The summed E-state index contributed by atoms with van der Waals surface area (Å²) in [6.07, 6.45) is 2.69. The number of anilines is 2. The number of carbonyl (C=O) groups is 2. The number of nitrogens with one attached hydrogen (secondary N) is 3. The fourth-order valence-electron chi connectivity index (χ4n) is 3.84. The second-order valence-electron chi connectivity index (χ2n) is 8.46. The summed E-state index contributed by atoms with van der Waals surface area (Å²) in [4.78, 5) is 44.4. The lowest BCUT2D eigenvalue weighted by molar-refractivity contribution is 0.0576. The number of halogens is 1. The normalized spacial score (nSPS) is 14.2. The minimum atomic E-state index is -0.443. The molecule has 1 atom stereocenters. The molecular weight excluding hydrogens is 483 g/mol. The van der Waals surface area contributed by atoms with Crippen molar-refractivity contribution in [3.8, 4) is 0 Å². The summed E-state index contributed by atoms with van der Waals surface area (Å²) in [5, 5.41) is 9.51. The van der Waals surface area contributed by atoms with Crippen LogP contribution in [0, 0.1) is 12.7 Å². The van der Waals surface area contributed by atoms with E-state index in [-0.39, 0.29) is 35.7 Å². The lowest BCUT2D eigenvalue weighted by atomic mass is 10.1. The van der Waals surface area contributed by atoms with Gasteiger partial charge in [-0.3, -0.25) is 9.78 Å². The fourth-order valence-corrected chi connectivity index (χ4v) is 4.68. The molecule has 1 aromatic carbocycles. The lowest BCUT2D eigenvalue weighted by Gasteiger charge is -2.39. The topological polar surface area (TPSA) is 125 Å². The molecule has 4 aromatic rings. The van der Waals surface area contributed by atoms with Crippen molar-refractivity contribution in [3.05, 3.63) is 70.9 Å². The SMILES string of the molecule is Cc1nc2nc(NC(C)c3cncc(F)c3)nc(C(=O)N3CC(NC(=O)Nc4ccccc4)C3)c2s1. The number of aromatic nitrogens is 4. The second-order valence-corrected chi connectivity index (χ2v) is 9.66. The highest BCUT2D eigenvalue weighted by Crippen LogP contribution is 2.28. The minimum absolute atomic E-state index is 0.170. The van der Waals surface area contributed by atoms with Crippen molar-refractivity contribution in [2.45, 2.75) is 25.9 Å². The Morgan fingerprint density at radius 3 is 2.67 bits per heavy atom. The highest BCUT2D eigenvalue weighted by atomic mass is 32.1. The van der Waals surface area contributed by atoms with E-state index in [9.17, 15) is 14.0 Å². The number of likely N-dealkylation sites (tertiary alicyclic amines) is 1. The number of fused-ring (bicyclic) bond motifs is 1. The van der Waals surface area contributed by atoms with Crippen molar-refractivity contribution >= 4 is 45.3 Å².